The van der Waals surface area contributed by atoms with E-state index in [0.29, 0.717) is 42.9 Å². The highest BCUT2D eigenvalue weighted by molar-refractivity contribution is 6.33. The summed E-state index contributed by atoms with van der Waals surface area (Å²) in [5, 5.41) is 7.75. The smallest absolute Gasteiger partial charge is 0.289 e. The molecule has 4 rings (SSSR count). The Bertz CT molecular complexity index is 1010. The molecule has 1 N–H and O–H groups in total. The number of rotatable bonds is 4. The van der Waals surface area contributed by atoms with E-state index >= 15 is 0 Å². The van der Waals surface area contributed by atoms with E-state index in [-0.39, 0.29) is 23.0 Å². The number of para-hydroxylation sites is 1. The molecule has 2 amide bonds. The zero-order valence-electron chi connectivity index (χ0n) is 16.0. The Morgan fingerprint density at radius 1 is 1.14 bits per heavy atom. The van der Waals surface area contributed by atoms with Crippen LogP contribution >= 0.6 is 11.6 Å². The first-order valence-corrected chi connectivity index (χ1v) is 9.86. The van der Waals surface area contributed by atoms with Crippen LogP contribution in [-0.2, 0) is 0 Å². The van der Waals surface area contributed by atoms with E-state index in [2.05, 4.69) is 10.4 Å². The molecule has 3 heterocycles. The Hall–Kier alpha value is -3.06. The average Bonchev–Trinajstić information content (AvgIpc) is 3.37. The van der Waals surface area contributed by atoms with Gasteiger partial charge < -0.3 is 14.6 Å². The minimum atomic E-state index is -0.245. The van der Waals surface area contributed by atoms with Crippen LogP contribution in [0.25, 0.3) is 5.69 Å². The number of nitrogens with zero attached hydrogens (tertiary/aromatic N) is 3. The van der Waals surface area contributed by atoms with Crippen molar-refractivity contribution < 1.29 is 14.0 Å². The second-order valence-electron chi connectivity index (χ2n) is 7.02. The molecule has 0 bridgehead atoms. The van der Waals surface area contributed by atoms with E-state index in [4.69, 9.17) is 16.0 Å². The van der Waals surface area contributed by atoms with Gasteiger partial charge in [0.05, 0.1) is 23.2 Å². The molecule has 7 nitrogen and oxygen atoms in total. The number of amides is 2. The molecule has 8 heteroatoms. The van der Waals surface area contributed by atoms with Crippen LogP contribution in [-0.4, -0.2) is 45.6 Å². The molecule has 150 valence electrons. The molecular formula is C21H21ClN4O3. The first kappa shape index (κ1) is 19.3. The molecule has 0 unspecified atom stereocenters. The van der Waals surface area contributed by atoms with Crippen LogP contribution in [0.3, 0.4) is 0 Å². The van der Waals surface area contributed by atoms with Gasteiger partial charge in [-0.05, 0) is 44.0 Å². The first-order chi connectivity index (χ1) is 14.0. The van der Waals surface area contributed by atoms with E-state index in [1.54, 1.807) is 28.6 Å². The summed E-state index contributed by atoms with van der Waals surface area (Å²) in [7, 11) is 0. The number of carbonyl (C=O) groups excluding carboxylic acids is 2. The second-order valence-corrected chi connectivity index (χ2v) is 7.37. The highest BCUT2D eigenvalue weighted by Gasteiger charge is 2.28. The molecule has 0 radical (unpaired) electrons. The van der Waals surface area contributed by atoms with E-state index < -0.39 is 0 Å². The molecule has 0 atom stereocenters. The summed E-state index contributed by atoms with van der Waals surface area (Å²) >= 11 is 6.47. The fraction of sp³-hybridized carbons (Fsp3) is 0.286. The van der Waals surface area contributed by atoms with Gasteiger partial charge in [0.25, 0.3) is 11.8 Å². The van der Waals surface area contributed by atoms with Crippen molar-refractivity contribution in [2.75, 3.05) is 13.1 Å². The second kappa shape index (κ2) is 8.13. The lowest BCUT2D eigenvalue weighted by atomic mass is 10.0. The highest BCUT2D eigenvalue weighted by atomic mass is 35.5. The molecule has 1 aliphatic heterocycles. The number of piperidine rings is 1. The quantitative estimate of drug-likeness (QED) is 0.711. The Labute approximate surface area is 173 Å². The molecule has 0 saturated carbocycles. The fourth-order valence-electron chi connectivity index (χ4n) is 3.54. The monoisotopic (exact) mass is 412 g/mol. The first-order valence-electron chi connectivity index (χ1n) is 9.49. The van der Waals surface area contributed by atoms with Gasteiger partial charge in [-0.25, -0.2) is 4.68 Å². The molecule has 29 heavy (non-hydrogen) atoms. The van der Waals surface area contributed by atoms with E-state index in [0.717, 1.165) is 5.69 Å². The van der Waals surface area contributed by atoms with Crippen molar-refractivity contribution in [3.63, 3.8) is 0 Å². The lowest BCUT2D eigenvalue weighted by Gasteiger charge is -2.31. The number of hydrogen-bond donors (Lipinski definition) is 1. The van der Waals surface area contributed by atoms with Gasteiger partial charge in [0.2, 0.25) is 0 Å². The zero-order chi connectivity index (χ0) is 20.4. The molecule has 0 spiro atoms. The van der Waals surface area contributed by atoms with Crippen LogP contribution < -0.4 is 5.32 Å². The minimum absolute atomic E-state index is 0.0290. The molecule has 2 aromatic heterocycles. The van der Waals surface area contributed by atoms with Crippen LogP contribution in [0.15, 0.2) is 53.1 Å². The number of aromatic nitrogens is 2. The Kier molecular flexibility index (Phi) is 5.40. The number of aryl methyl sites for hydroxylation is 1. The third kappa shape index (κ3) is 3.91. The van der Waals surface area contributed by atoms with Crippen molar-refractivity contribution >= 4 is 23.4 Å². The van der Waals surface area contributed by atoms with Crippen molar-refractivity contribution in [3.05, 3.63) is 70.9 Å². The summed E-state index contributed by atoms with van der Waals surface area (Å²) in [5.41, 5.74) is 1.75. The normalized spacial score (nSPS) is 14.8. The van der Waals surface area contributed by atoms with Crippen LogP contribution in [0.4, 0.5) is 0 Å². The Morgan fingerprint density at radius 2 is 1.86 bits per heavy atom. The predicted molar refractivity (Wildman–Crippen MR) is 108 cm³/mol. The molecule has 1 aliphatic rings. The van der Waals surface area contributed by atoms with Gasteiger partial charge in [0.1, 0.15) is 5.15 Å². The Balaban J connectivity index is 1.41. The Morgan fingerprint density at radius 3 is 2.52 bits per heavy atom. The zero-order valence-corrected chi connectivity index (χ0v) is 16.7. The van der Waals surface area contributed by atoms with Crippen LogP contribution in [0, 0.1) is 6.92 Å². The number of nitrogens with one attached hydrogen (secondary N) is 1. The molecule has 1 fully saturated rings. The van der Waals surface area contributed by atoms with Gasteiger partial charge >= 0.3 is 0 Å². The van der Waals surface area contributed by atoms with Crippen molar-refractivity contribution in [1.82, 2.24) is 20.0 Å². The van der Waals surface area contributed by atoms with E-state index in [9.17, 15) is 9.59 Å². The van der Waals surface area contributed by atoms with Crippen LogP contribution in [0.1, 0.15) is 39.4 Å². The predicted octanol–water partition coefficient (Wildman–Crippen LogP) is 3.46. The van der Waals surface area contributed by atoms with Gasteiger partial charge in [-0.15, -0.1) is 0 Å². The number of likely N-dealkylation sites (tertiary alicyclic amines) is 1. The van der Waals surface area contributed by atoms with Gasteiger partial charge in [0, 0.05) is 19.1 Å². The molecular weight excluding hydrogens is 392 g/mol. The number of hydrogen-bond acceptors (Lipinski definition) is 4. The summed E-state index contributed by atoms with van der Waals surface area (Å²) in [6.07, 6.45) is 2.82. The minimum Gasteiger partial charge on any atom is -0.459 e. The van der Waals surface area contributed by atoms with Crippen molar-refractivity contribution in [2.45, 2.75) is 25.8 Å². The fourth-order valence-corrected chi connectivity index (χ4v) is 3.90. The summed E-state index contributed by atoms with van der Waals surface area (Å²) < 4.78 is 6.74. The number of furan rings is 1. The van der Waals surface area contributed by atoms with E-state index in [1.807, 2.05) is 30.3 Å². The van der Waals surface area contributed by atoms with Gasteiger partial charge in [0.15, 0.2) is 5.76 Å². The molecule has 0 aliphatic carbocycles. The maximum Gasteiger partial charge on any atom is 0.289 e. The van der Waals surface area contributed by atoms with Crippen LogP contribution in [0.5, 0.6) is 0 Å². The van der Waals surface area contributed by atoms with Gasteiger partial charge in [-0.2, -0.15) is 5.10 Å². The topological polar surface area (TPSA) is 80.4 Å². The SMILES string of the molecule is Cc1nn(-c2ccccc2)c(Cl)c1C(=O)NC1CCN(C(=O)c2ccco2)CC1. The average molecular weight is 413 g/mol. The van der Waals surface area contributed by atoms with Crippen LogP contribution in [0.2, 0.25) is 5.15 Å². The number of halogens is 1. The lowest BCUT2D eigenvalue weighted by Crippen LogP contribution is -2.46. The number of carbonyl (C=O) groups is 2. The van der Waals surface area contributed by atoms with Gasteiger partial charge in [-0.3, -0.25) is 9.59 Å². The van der Waals surface area contributed by atoms with Crippen molar-refractivity contribution in [1.29, 1.82) is 0 Å². The highest BCUT2D eigenvalue weighted by Crippen LogP contribution is 2.24. The standard InChI is InChI=1S/C21H21ClN4O3/c1-14-18(19(22)26(24-14)16-6-3-2-4-7-16)20(27)23-15-9-11-25(12-10-15)21(28)17-8-5-13-29-17/h2-8,13,15H,9-12H2,1H3,(H,23,27). The van der Waals surface area contributed by atoms with Crippen molar-refractivity contribution in [3.8, 4) is 5.69 Å². The lowest BCUT2D eigenvalue weighted by molar-refractivity contribution is 0.0667. The van der Waals surface area contributed by atoms with E-state index in [1.165, 1.54) is 6.26 Å². The maximum absolute atomic E-state index is 12.9. The third-order valence-electron chi connectivity index (χ3n) is 5.08. The van der Waals surface area contributed by atoms with Gasteiger partial charge in [-0.1, -0.05) is 29.8 Å². The maximum atomic E-state index is 12.9. The van der Waals surface area contributed by atoms with Crippen molar-refractivity contribution in [2.24, 2.45) is 0 Å². The summed E-state index contributed by atoms with van der Waals surface area (Å²) in [6, 6.07) is 12.8. The molecule has 1 aromatic carbocycles. The largest absolute Gasteiger partial charge is 0.459 e. The summed E-state index contributed by atoms with van der Waals surface area (Å²) in [4.78, 5) is 27.0. The summed E-state index contributed by atoms with van der Waals surface area (Å²) in [6.45, 7) is 2.88. The molecule has 1 saturated heterocycles. The molecule has 3 aromatic rings. The third-order valence-corrected chi connectivity index (χ3v) is 5.43. The number of benzene rings is 1. The summed E-state index contributed by atoms with van der Waals surface area (Å²) in [5.74, 6) is -0.0310.